The third-order valence-electron chi connectivity index (χ3n) is 28.4. The van der Waals surface area contributed by atoms with Crippen molar-refractivity contribution in [3.63, 3.8) is 0 Å². The van der Waals surface area contributed by atoms with Gasteiger partial charge in [-0.05, 0) is 399 Å². The molecule has 6 nitrogen and oxygen atoms in total. The Morgan fingerprint density at radius 3 is 0.746 bits per heavy atom. The molecule has 2 aliphatic rings. The average Bonchev–Trinajstić information content (AvgIpc) is 1.63. The van der Waals surface area contributed by atoms with E-state index in [-0.39, 0.29) is 22.4 Å². The van der Waals surface area contributed by atoms with E-state index in [0.29, 0.717) is 0 Å². The van der Waals surface area contributed by atoms with Crippen molar-refractivity contribution >= 4 is 136 Å². The Balaban J connectivity index is 0.000000179. The summed E-state index contributed by atoms with van der Waals surface area (Å²) in [4.78, 5) is 12.9. The lowest BCUT2D eigenvalue weighted by Gasteiger charge is -2.32. The van der Waals surface area contributed by atoms with E-state index >= 15 is 0 Å². The van der Waals surface area contributed by atoms with Crippen molar-refractivity contribution in [3.05, 3.63) is 320 Å². The molecule has 722 valence electrons. The highest BCUT2D eigenvalue weighted by molar-refractivity contribution is 9.11. The number of benzene rings is 10. The first kappa shape index (κ1) is 105. The monoisotopic (exact) mass is 2040 g/mol. The second-order valence-corrected chi connectivity index (χ2v) is 47.0. The van der Waals surface area contributed by atoms with E-state index in [4.69, 9.17) is 18.6 Å². The molecule has 6 heterocycles. The van der Waals surface area contributed by atoms with E-state index in [1.807, 2.05) is 45.3 Å². The van der Waals surface area contributed by atoms with Gasteiger partial charge in [-0.3, -0.25) is 0 Å². The Morgan fingerprint density at radius 2 is 0.464 bits per heavy atom. The maximum absolute atomic E-state index is 6.31. The van der Waals surface area contributed by atoms with Crippen molar-refractivity contribution in [2.24, 2.45) is 0 Å². The minimum absolute atomic E-state index is 0.375. The van der Waals surface area contributed by atoms with Gasteiger partial charge in [0, 0.05) is 63.4 Å². The molecule has 0 saturated carbocycles. The van der Waals surface area contributed by atoms with Gasteiger partial charge in [0.05, 0.1) is 30.0 Å². The van der Waals surface area contributed by atoms with Gasteiger partial charge in [0.1, 0.15) is 0 Å². The fraction of sp³-hybridized carbons (Fsp3) is 0.387. The van der Waals surface area contributed by atoms with Gasteiger partial charge in [-0.15, -0.1) is 45.3 Å². The first-order chi connectivity index (χ1) is 67.0. The van der Waals surface area contributed by atoms with Gasteiger partial charge in [-0.1, -0.05) is 291 Å². The first-order valence-corrected chi connectivity index (χ1v) is 56.9. The number of rotatable bonds is 45. The summed E-state index contributed by atoms with van der Waals surface area (Å²) in [6.07, 6.45) is 37.6. The molecule has 0 atom stereocenters. The van der Waals surface area contributed by atoms with Crippen LogP contribution in [0.3, 0.4) is 0 Å². The number of nitrogens with zero attached hydrogens (tertiary/aromatic N) is 2. The fourth-order valence-corrected chi connectivity index (χ4v) is 23.6. The van der Waals surface area contributed by atoms with E-state index in [1.165, 1.54) is 287 Å². The number of aryl methyl sites for hydroxylation is 6. The predicted molar refractivity (Wildman–Crippen MR) is 612 cm³/mol. The second-order valence-electron chi connectivity index (χ2n) is 39.9. The second kappa shape index (κ2) is 51.5. The van der Waals surface area contributed by atoms with Crippen molar-refractivity contribution < 1.29 is 18.6 Å². The highest BCUT2D eigenvalue weighted by Gasteiger charge is 2.53. The highest BCUT2D eigenvalue weighted by atomic mass is 79.9. The topological polar surface area (TPSA) is 43.4 Å². The molecule has 0 spiro atoms. The molecule has 14 heteroatoms. The third kappa shape index (κ3) is 28.1. The molecule has 10 aromatic carbocycles. The normalized spacial score (nSPS) is 14.0. The molecule has 0 unspecified atom stereocenters. The minimum atomic E-state index is -0.390. The Morgan fingerprint density at radius 1 is 0.232 bits per heavy atom. The predicted octanol–water partition coefficient (Wildman–Crippen LogP) is 38.8. The molecule has 16 rings (SSSR count). The first-order valence-electron chi connectivity index (χ1n) is 52.0. The van der Waals surface area contributed by atoms with Crippen LogP contribution >= 0.6 is 77.2 Å². The molecule has 2 saturated heterocycles. The lowest BCUT2D eigenvalue weighted by Crippen LogP contribution is -2.41. The number of hydrogen-bond acceptors (Lipinski definition) is 10. The molecule has 0 N–H and O–H groups in total. The molecule has 2 aliphatic heterocycles. The van der Waals surface area contributed by atoms with Crippen LogP contribution in [0.15, 0.2) is 287 Å². The Labute approximate surface area is 863 Å². The van der Waals surface area contributed by atoms with Gasteiger partial charge < -0.3 is 28.4 Å². The summed E-state index contributed by atoms with van der Waals surface area (Å²) >= 11 is 15.0. The van der Waals surface area contributed by atoms with Crippen molar-refractivity contribution in [2.75, 3.05) is 9.80 Å². The maximum atomic E-state index is 6.31. The molecule has 14 aromatic rings. The molecule has 0 aliphatic carbocycles. The molecular weight excluding hydrogens is 1890 g/mol. The Kier molecular flexibility index (Phi) is 39.3. The number of anilines is 6. The highest BCUT2D eigenvalue weighted by Crippen LogP contribution is 2.48. The molecule has 0 radical (unpaired) electrons. The van der Waals surface area contributed by atoms with Gasteiger partial charge in [-0.2, -0.15) is 0 Å². The van der Waals surface area contributed by atoms with Gasteiger partial charge in [0.2, 0.25) is 0 Å². The van der Waals surface area contributed by atoms with Crippen LogP contribution in [0.1, 0.15) is 284 Å². The van der Waals surface area contributed by atoms with E-state index in [2.05, 4.69) is 418 Å². The van der Waals surface area contributed by atoms with E-state index in [1.54, 1.807) is 0 Å². The Hall–Kier alpha value is -8.47. The van der Waals surface area contributed by atoms with Crippen molar-refractivity contribution in [2.45, 2.75) is 312 Å². The number of thiophene rings is 4. The Bertz CT molecular complexity index is 5850. The van der Waals surface area contributed by atoms with Gasteiger partial charge in [0.15, 0.2) is 0 Å². The summed E-state index contributed by atoms with van der Waals surface area (Å²) in [5, 5.41) is 0. The van der Waals surface area contributed by atoms with Gasteiger partial charge in [0.25, 0.3) is 0 Å². The number of halogens is 2. The molecular formula is C124H148B2Br2N2O4S4. The molecule has 0 bridgehead atoms. The van der Waals surface area contributed by atoms with Gasteiger partial charge >= 0.3 is 14.2 Å². The third-order valence-corrected chi connectivity index (χ3v) is 34.0. The molecule has 0 amide bonds. The van der Waals surface area contributed by atoms with E-state index in [0.717, 1.165) is 65.0 Å². The molecule has 138 heavy (non-hydrogen) atoms. The lowest BCUT2D eigenvalue weighted by molar-refractivity contribution is 0.00578. The maximum Gasteiger partial charge on any atom is 0.494 e. The van der Waals surface area contributed by atoms with E-state index < -0.39 is 14.2 Å². The zero-order chi connectivity index (χ0) is 97.0. The zero-order valence-electron chi connectivity index (χ0n) is 84.8. The summed E-state index contributed by atoms with van der Waals surface area (Å²) < 4.78 is 27.7. The summed E-state index contributed by atoms with van der Waals surface area (Å²) in [6, 6.07) is 104. The smallest absolute Gasteiger partial charge is 0.399 e. The van der Waals surface area contributed by atoms with Crippen LogP contribution in [-0.4, -0.2) is 36.6 Å². The quantitative estimate of drug-likeness (QED) is 0.0280. The van der Waals surface area contributed by atoms with Crippen LogP contribution < -0.4 is 20.7 Å². The lowest BCUT2D eigenvalue weighted by atomic mass is 9.79. The average molecular weight is 2040 g/mol. The van der Waals surface area contributed by atoms with Crippen LogP contribution in [0.2, 0.25) is 0 Å². The summed E-state index contributed by atoms with van der Waals surface area (Å²) in [5.41, 5.74) is 26.9. The van der Waals surface area contributed by atoms with E-state index in [9.17, 15) is 0 Å². The largest absolute Gasteiger partial charge is 0.494 e. The standard InChI is InChI=1S/C62H67NS2.C36H49B2NO4.C26H32Br2S2/c1-4-7-10-15-22-47-29-35-54(36-30-47)63(55-37-31-49(32-38-55)48-23-18-13-19-24-48)56-39-33-51(34-40-56)60-42-44-62(65-60)58-46-52(27-16-11-8-5-2)57(45-53(58)28-17-12-9-6-3)61-43-41-59(64-61)50-25-20-14-21-26-50;1-10-11-12-13-14-27-15-21-30(22-16-27)39(31-23-17-28(18-24-31)37-40-33(2,3)34(4,5)41-37)32-25-19-29(20-26-32)38-42-35(6,7)36(8,9)43-38;1-3-5-7-9-11-19-17-22(24-14-16-26(28)30-24)20(12-10-8-6-4-2)18-21(19)23-13-15-25(27)29-23/h13-14,18-21,23-26,29-46H,4-12,15-17,22,27-28H2,1-3H3;15-26H,10-14H2,1-9H3;13-18H,3-12H2,1-2H3. The minimum Gasteiger partial charge on any atom is -0.399 e. The van der Waals surface area contributed by atoms with Crippen molar-refractivity contribution in [1.29, 1.82) is 0 Å². The summed E-state index contributed by atoms with van der Waals surface area (Å²) in [7, 11) is -0.780. The van der Waals surface area contributed by atoms with Crippen LogP contribution in [0.4, 0.5) is 34.1 Å². The number of hydrogen-bond donors (Lipinski definition) is 0. The van der Waals surface area contributed by atoms with Crippen LogP contribution in [-0.2, 0) is 57.1 Å². The fourth-order valence-electron chi connectivity index (χ4n) is 18.6. The van der Waals surface area contributed by atoms with Crippen LogP contribution in [0, 0.1) is 0 Å². The van der Waals surface area contributed by atoms with Crippen molar-refractivity contribution in [3.8, 4) is 73.8 Å². The zero-order valence-corrected chi connectivity index (χ0v) is 91.3. The number of unbranched alkanes of at least 4 members (excludes halogenated alkanes) is 18. The van der Waals surface area contributed by atoms with Crippen LogP contribution in [0.5, 0.6) is 0 Å². The van der Waals surface area contributed by atoms with Crippen molar-refractivity contribution in [1.82, 2.24) is 0 Å². The molecule has 4 aromatic heterocycles. The van der Waals surface area contributed by atoms with Crippen LogP contribution in [0.25, 0.3) is 73.8 Å². The van der Waals surface area contributed by atoms with Gasteiger partial charge in [-0.25, -0.2) is 0 Å². The molecule has 2 fully saturated rings. The summed E-state index contributed by atoms with van der Waals surface area (Å²) in [6.45, 7) is 30.4. The SMILES string of the molecule is CCCCCCc1cc(-c2ccc(Br)s2)c(CCCCCC)cc1-c1ccc(Br)s1.CCCCCCc1ccc(N(c2ccc(-c3ccccc3)cc2)c2ccc(-c3ccc(-c4cc(CCCCCC)c(-c5ccc(-c6ccccc6)s5)cc4CCCCCC)s3)cc2)cc1.CCCCCCc1ccc(N(c2ccc(B3OC(C)(C)C(C)(C)O3)cc2)c2ccc(B3OC(C)(C)C(C)(C)O3)cc2)cc1. The summed E-state index contributed by atoms with van der Waals surface area (Å²) in [5.74, 6) is 0.